The standard InChI is InChI=1S/C16H13Cl2N3O/c1-9(11-6-14(17)15(18)20-8-11)21-12-3-2-10-4-5-19-16(22)13(10)7-12/h2-9,21H,1H3,(H,19,22). The maximum atomic E-state index is 11.8. The van der Waals surface area contributed by atoms with Gasteiger partial charge in [0.25, 0.3) is 5.56 Å². The Morgan fingerprint density at radius 1 is 1.23 bits per heavy atom. The Morgan fingerprint density at radius 2 is 2.05 bits per heavy atom. The van der Waals surface area contributed by atoms with Crippen LogP contribution in [0.4, 0.5) is 5.69 Å². The summed E-state index contributed by atoms with van der Waals surface area (Å²) in [4.78, 5) is 18.6. The smallest absolute Gasteiger partial charge is 0.255 e. The monoisotopic (exact) mass is 333 g/mol. The van der Waals surface area contributed by atoms with Crippen LogP contribution in [-0.2, 0) is 0 Å². The molecule has 3 rings (SSSR count). The van der Waals surface area contributed by atoms with Crippen molar-refractivity contribution in [1.82, 2.24) is 9.97 Å². The molecule has 4 nitrogen and oxygen atoms in total. The molecule has 3 aromatic rings. The van der Waals surface area contributed by atoms with Gasteiger partial charge in [0.15, 0.2) is 0 Å². The number of halogens is 2. The van der Waals surface area contributed by atoms with E-state index in [4.69, 9.17) is 23.2 Å². The molecule has 0 aliphatic heterocycles. The molecule has 0 bridgehead atoms. The summed E-state index contributed by atoms with van der Waals surface area (Å²) in [5.74, 6) is 0. The van der Waals surface area contributed by atoms with Crippen LogP contribution in [0.15, 0.2) is 47.5 Å². The van der Waals surface area contributed by atoms with E-state index in [1.54, 1.807) is 18.5 Å². The molecule has 1 aromatic carbocycles. The fourth-order valence-corrected chi connectivity index (χ4v) is 2.56. The number of fused-ring (bicyclic) bond motifs is 1. The molecule has 2 N–H and O–H groups in total. The van der Waals surface area contributed by atoms with Crippen molar-refractivity contribution < 1.29 is 0 Å². The largest absolute Gasteiger partial charge is 0.378 e. The average Bonchev–Trinajstić information content (AvgIpc) is 2.51. The zero-order valence-electron chi connectivity index (χ0n) is 11.7. The van der Waals surface area contributed by atoms with Crippen molar-refractivity contribution in [3.8, 4) is 0 Å². The average molecular weight is 334 g/mol. The molecule has 0 aliphatic rings. The maximum Gasteiger partial charge on any atom is 0.255 e. The molecule has 6 heteroatoms. The number of aromatic amines is 1. The number of hydrogen-bond donors (Lipinski definition) is 2. The van der Waals surface area contributed by atoms with Gasteiger partial charge < -0.3 is 10.3 Å². The van der Waals surface area contributed by atoms with Gasteiger partial charge in [-0.3, -0.25) is 4.79 Å². The predicted octanol–water partition coefficient (Wildman–Crippen LogP) is 4.40. The number of benzene rings is 1. The molecule has 0 radical (unpaired) electrons. The summed E-state index contributed by atoms with van der Waals surface area (Å²) < 4.78 is 0. The van der Waals surface area contributed by atoms with Crippen LogP contribution in [0.1, 0.15) is 18.5 Å². The lowest BCUT2D eigenvalue weighted by Crippen LogP contribution is -2.09. The van der Waals surface area contributed by atoms with Gasteiger partial charge in [0, 0.05) is 23.5 Å². The maximum absolute atomic E-state index is 11.8. The first kappa shape index (κ1) is 14.9. The van der Waals surface area contributed by atoms with Crippen LogP contribution >= 0.6 is 23.2 Å². The second-order valence-corrected chi connectivity index (χ2v) is 5.78. The summed E-state index contributed by atoms with van der Waals surface area (Å²) in [6.45, 7) is 1.99. The Morgan fingerprint density at radius 3 is 2.82 bits per heavy atom. The summed E-state index contributed by atoms with van der Waals surface area (Å²) in [7, 11) is 0. The molecule has 2 aromatic heterocycles. The molecule has 0 amide bonds. The molecule has 112 valence electrons. The van der Waals surface area contributed by atoms with Gasteiger partial charge in [-0.2, -0.15) is 0 Å². The zero-order chi connectivity index (χ0) is 15.7. The lowest BCUT2D eigenvalue weighted by molar-refractivity contribution is 0.876. The summed E-state index contributed by atoms with van der Waals surface area (Å²) >= 11 is 11.8. The third kappa shape index (κ3) is 2.93. The van der Waals surface area contributed by atoms with E-state index in [0.717, 1.165) is 16.6 Å². The van der Waals surface area contributed by atoms with E-state index in [1.807, 2.05) is 31.2 Å². The Balaban J connectivity index is 1.90. The van der Waals surface area contributed by atoms with E-state index in [-0.39, 0.29) is 16.8 Å². The van der Waals surface area contributed by atoms with Gasteiger partial charge in [0.1, 0.15) is 5.15 Å². The van der Waals surface area contributed by atoms with Gasteiger partial charge in [-0.1, -0.05) is 29.3 Å². The van der Waals surface area contributed by atoms with Gasteiger partial charge in [-0.25, -0.2) is 4.98 Å². The first-order valence-electron chi connectivity index (χ1n) is 6.73. The van der Waals surface area contributed by atoms with Crippen LogP contribution in [0.5, 0.6) is 0 Å². The van der Waals surface area contributed by atoms with E-state index < -0.39 is 0 Å². The highest BCUT2D eigenvalue weighted by Crippen LogP contribution is 2.26. The van der Waals surface area contributed by atoms with Crippen LogP contribution in [0.25, 0.3) is 10.8 Å². The molecule has 0 aliphatic carbocycles. The van der Waals surface area contributed by atoms with Gasteiger partial charge in [-0.05, 0) is 42.1 Å². The first-order valence-corrected chi connectivity index (χ1v) is 7.49. The molecule has 1 atom stereocenters. The van der Waals surface area contributed by atoms with E-state index >= 15 is 0 Å². The molecule has 0 saturated heterocycles. The Labute approximate surface area is 137 Å². The fraction of sp³-hybridized carbons (Fsp3) is 0.125. The Hall–Kier alpha value is -2.04. The predicted molar refractivity (Wildman–Crippen MR) is 90.9 cm³/mol. The summed E-state index contributed by atoms with van der Waals surface area (Å²) in [6.07, 6.45) is 3.32. The number of hydrogen-bond acceptors (Lipinski definition) is 3. The van der Waals surface area contributed by atoms with Crippen molar-refractivity contribution in [2.45, 2.75) is 13.0 Å². The molecule has 22 heavy (non-hydrogen) atoms. The lowest BCUT2D eigenvalue weighted by atomic mass is 10.1. The van der Waals surface area contributed by atoms with E-state index in [9.17, 15) is 4.79 Å². The minimum atomic E-state index is -0.106. The van der Waals surface area contributed by atoms with E-state index in [2.05, 4.69) is 15.3 Å². The highest BCUT2D eigenvalue weighted by molar-refractivity contribution is 6.41. The van der Waals surface area contributed by atoms with Crippen molar-refractivity contribution >= 4 is 39.7 Å². The summed E-state index contributed by atoms with van der Waals surface area (Å²) in [5, 5.41) is 5.58. The summed E-state index contributed by atoms with van der Waals surface area (Å²) in [5.41, 5.74) is 1.66. The Bertz CT molecular complexity index is 892. The number of anilines is 1. The number of pyridine rings is 2. The molecule has 0 fully saturated rings. The quantitative estimate of drug-likeness (QED) is 0.698. The van der Waals surface area contributed by atoms with Crippen LogP contribution in [-0.4, -0.2) is 9.97 Å². The topological polar surface area (TPSA) is 57.8 Å². The number of nitrogens with zero attached hydrogens (tertiary/aromatic N) is 1. The molecular formula is C16H13Cl2N3O. The second kappa shape index (κ2) is 5.99. The van der Waals surface area contributed by atoms with Gasteiger partial charge in [0.2, 0.25) is 0 Å². The van der Waals surface area contributed by atoms with Crippen LogP contribution < -0.4 is 10.9 Å². The van der Waals surface area contributed by atoms with Crippen molar-refractivity contribution in [3.05, 3.63) is 68.8 Å². The highest BCUT2D eigenvalue weighted by atomic mass is 35.5. The molecular weight excluding hydrogens is 321 g/mol. The van der Waals surface area contributed by atoms with Gasteiger partial charge >= 0.3 is 0 Å². The minimum absolute atomic E-state index is 0.0255. The fourth-order valence-electron chi connectivity index (χ4n) is 2.28. The van der Waals surface area contributed by atoms with Crippen LogP contribution in [0.2, 0.25) is 10.2 Å². The van der Waals surface area contributed by atoms with Crippen LogP contribution in [0.3, 0.4) is 0 Å². The molecule has 1 unspecified atom stereocenters. The number of aromatic nitrogens is 2. The number of rotatable bonds is 3. The van der Waals surface area contributed by atoms with Crippen molar-refractivity contribution in [3.63, 3.8) is 0 Å². The first-order chi connectivity index (χ1) is 10.5. The third-order valence-electron chi connectivity index (χ3n) is 3.48. The van der Waals surface area contributed by atoms with E-state index in [0.29, 0.717) is 10.4 Å². The van der Waals surface area contributed by atoms with E-state index in [1.165, 1.54) is 0 Å². The second-order valence-electron chi connectivity index (χ2n) is 5.02. The lowest BCUT2D eigenvalue weighted by Gasteiger charge is -2.16. The van der Waals surface area contributed by atoms with Crippen molar-refractivity contribution in [2.75, 3.05) is 5.32 Å². The molecule has 0 spiro atoms. The van der Waals surface area contributed by atoms with Crippen molar-refractivity contribution in [1.29, 1.82) is 0 Å². The third-order valence-corrected chi connectivity index (χ3v) is 4.16. The SMILES string of the molecule is CC(Nc1ccc2cc[nH]c(=O)c2c1)c1cnc(Cl)c(Cl)c1. The van der Waals surface area contributed by atoms with Gasteiger partial charge in [0.05, 0.1) is 11.1 Å². The normalized spacial score (nSPS) is 12.3. The molecule has 2 heterocycles. The Kier molecular flexibility index (Phi) is 4.05. The number of H-pyrrole nitrogens is 1. The highest BCUT2D eigenvalue weighted by Gasteiger charge is 2.09. The minimum Gasteiger partial charge on any atom is -0.378 e. The zero-order valence-corrected chi connectivity index (χ0v) is 13.2. The van der Waals surface area contributed by atoms with Crippen molar-refractivity contribution in [2.24, 2.45) is 0 Å². The summed E-state index contributed by atoms with van der Waals surface area (Å²) in [6, 6.07) is 9.29. The van der Waals surface area contributed by atoms with Gasteiger partial charge in [-0.15, -0.1) is 0 Å². The molecule has 0 saturated carbocycles. The number of nitrogens with one attached hydrogen (secondary N) is 2. The van der Waals surface area contributed by atoms with Crippen LogP contribution in [0, 0.1) is 0 Å².